The van der Waals surface area contributed by atoms with Gasteiger partial charge < -0.3 is 0 Å². The van der Waals surface area contributed by atoms with Crippen molar-refractivity contribution in [1.82, 2.24) is 35.4 Å². The lowest BCUT2D eigenvalue weighted by molar-refractivity contribution is -0.118. The summed E-state index contributed by atoms with van der Waals surface area (Å²) in [7, 11) is 0. The molecular formula is C25H20N8OS. The van der Waals surface area contributed by atoms with Crippen LogP contribution in [0.5, 0.6) is 0 Å². The van der Waals surface area contributed by atoms with E-state index in [1.54, 1.807) is 15.6 Å². The van der Waals surface area contributed by atoms with Crippen molar-refractivity contribution in [3.8, 4) is 22.6 Å². The molecular weight excluding hydrogens is 460 g/mol. The second kappa shape index (κ2) is 10.6. The van der Waals surface area contributed by atoms with E-state index in [9.17, 15) is 4.79 Å². The van der Waals surface area contributed by atoms with Crippen molar-refractivity contribution in [2.45, 2.75) is 5.16 Å². The molecule has 2 heterocycles. The van der Waals surface area contributed by atoms with Gasteiger partial charge in [-0.05, 0) is 34.7 Å². The minimum atomic E-state index is -0.273. The van der Waals surface area contributed by atoms with Crippen LogP contribution in [0, 0.1) is 0 Å². The normalized spacial score (nSPS) is 11.1. The van der Waals surface area contributed by atoms with Crippen LogP contribution in [0.3, 0.4) is 0 Å². The van der Waals surface area contributed by atoms with Crippen molar-refractivity contribution < 1.29 is 4.79 Å². The summed E-state index contributed by atoms with van der Waals surface area (Å²) in [5.41, 5.74) is 6.83. The summed E-state index contributed by atoms with van der Waals surface area (Å²) in [5, 5.41) is 21.1. The zero-order valence-corrected chi connectivity index (χ0v) is 19.3. The van der Waals surface area contributed by atoms with Gasteiger partial charge in [-0.15, -0.1) is 5.10 Å². The number of nitrogens with zero attached hydrogens (tertiary/aromatic N) is 7. The molecule has 0 aliphatic rings. The van der Waals surface area contributed by atoms with Gasteiger partial charge in [0.25, 0.3) is 5.91 Å². The maximum absolute atomic E-state index is 12.4. The van der Waals surface area contributed by atoms with Gasteiger partial charge in [0.1, 0.15) is 5.69 Å². The molecule has 9 nitrogen and oxygen atoms in total. The third-order valence-electron chi connectivity index (χ3n) is 4.98. The first kappa shape index (κ1) is 22.2. The average Bonchev–Trinajstić information content (AvgIpc) is 3.57. The van der Waals surface area contributed by atoms with Gasteiger partial charge in [-0.1, -0.05) is 78.5 Å². The SMILES string of the molecule is O=C(CSc1nnnn1-c1ccccc1)N/N=C/c1cn(-c2ccccc2)nc1-c1ccccc1. The minimum Gasteiger partial charge on any atom is -0.272 e. The van der Waals surface area contributed by atoms with Crippen LogP contribution in [0.1, 0.15) is 5.56 Å². The molecule has 0 saturated heterocycles. The van der Waals surface area contributed by atoms with Crippen LogP contribution in [0.15, 0.2) is 107 Å². The lowest BCUT2D eigenvalue weighted by Crippen LogP contribution is -2.20. The standard InChI is InChI=1S/C25H20N8OS/c34-23(18-35-25-28-30-31-33(25)22-14-8-3-9-15-22)27-26-16-20-17-32(21-12-6-2-7-13-21)29-24(20)19-10-4-1-5-11-19/h1-17H,18H2,(H,27,34)/b26-16+. The number of hydrogen-bond acceptors (Lipinski definition) is 7. The zero-order chi connectivity index (χ0) is 23.9. The number of carbonyl (C=O) groups excluding carboxylic acids is 1. The Bertz CT molecular complexity index is 1430. The minimum absolute atomic E-state index is 0.110. The quantitative estimate of drug-likeness (QED) is 0.206. The number of tetrazole rings is 1. The largest absolute Gasteiger partial charge is 0.272 e. The number of aromatic nitrogens is 6. The molecule has 1 N–H and O–H groups in total. The monoisotopic (exact) mass is 480 g/mol. The van der Waals surface area contributed by atoms with E-state index < -0.39 is 0 Å². The predicted octanol–water partition coefficient (Wildman–Crippen LogP) is 3.76. The Balaban J connectivity index is 1.28. The van der Waals surface area contributed by atoms with E-state index in [1.807, 2.05) is 97.2 Å². The van der Waals surface area contributed by atoms with Gasteiger partial charge in [0.05, 0.1) is 23.3 Å². The highest BCUT2D eigenvalue weighted by Crippen LogP contribution is 2.22. The maximum Gasteiger partial charge on any atom is 0.250 e. The molecule has 5 rings (SSSR count). The first-order chi connectivity index (χ1) is 17.3. The lowest BCUT2D eigenvalue weighted by atomic mass is 10.1. The molecule has 3 aromatic carbocycles. The highest BCUT2D eigenvalue weighted by Gasteiger charge is 2.13. The fraction of sp³-hybridized carbons (Fsp3) is 0.0400. The van der Waals surface area contributed by atoms with Gasteiger partial charge in [0, 0.05) is 17.3 Å². The van der Waals surface area contributed by atoms with Crippen molar-refractivity contribution in [1.29, 1.82) is 0 Å². The van der Waals surface area contributed by atoms with E-state index in [2.05, 4.69) is 26.1 Å². The van der Waals surface area contributed by atoms with E-state index in [0.29, 0.717) is 5.16 Å². The van der Waals surface area contributed by atoms with Gasteiger partial charge in [-0.25, -0.2) is 10.1 Å². The third kappa shape index (κ3) is 5.33. The van der Waals surface area contributed by atoms with Gasteiger partial charge in [-0.2, -0.15) is 14.9 Å². The second-order valence-corrected chi connectivity index (χ2v) is 8.31. The predicted molar refractivity (Wildman–Crippen MR) is 135 cm³/mol. The topological polar surface area (TPSA) is 103 Å². The average molecular weight is 481 g/mol. The van der Waals surface area contributed by atoms with Crippen LogP contribution in [-0.2, 0) is 4.79 Å². The maximum atomic E-state index is 12.4. The molecule has 0 bridgehead atoms. The van der Waals surface area contributed by atoms with E-state index in [0.717, 1.165) is 28.2 Å². The molecule has 172 valence electrons. The van der Waals surface area contributed by atoms with Gasteiger partial charge in [-0.3, -0.25) is 4.79 Å². The van der Waals surface area contributed by atoms with E-state index in [-0.39, 0.29) is 11.7 Å². The molecule has 5 aromatic rings. The van der Waals surface area contributed by atoms with E-state index in [1.165, 1.54) is 11.8 Å². The molecule has 0 saturated carbocycles. The van der Waals surface area contributed by atoms with Gasteiger partial charge in [0.15, 0.2) is 0 Å². The second-order valence-electron chi connectivity index (χ2n) is 7.37. The molecule has 0 aliphatic heterocycles. The van der Waals surface area contributed by atoms with Gasteiger partial charge >= 0.3 is 0 Å². The summed E-state index contributed by atoms with van der Waals surface area (Å²) >= 11 is 1.23. The Hall–Kier alpha value is -4.57. The molecule has 0 radical (unpaired) electrons. The van der Waals surface area contributed by atoms with E-state index in [4.69, 9.17) is 5.10 Å². The van der Waals surface area contributed by atoms with Crippen LogP contribution in [-0.4, -0.2) is 47.9 Å². The van der Waals surface area contributed by atoms with Crippen LogP contribution >= 0.6 is 11.8 Å². The Labute approximate surface area is 205 Å². The molecule has 2 aromatic heterocycles. The van der Waals surface area contributed by atoms with Crippen LogP contribution < -0.4 is 5.43 Å². The number of thioether (sulfide) groups is 1. The Morgan fingerprint density at radius 3 is 2.29 bits per heavy atom. The number of amides is 1. The van der Waals surface area contributed by atoms with E-state index >= 15 is 0 Å². The molecule has 0 spiro atoms. The Kier molecular flexibility index (Phi) is 6.72. The summed E-state index contributed by atoms with van der Waals surface area (Å²) in [6.07, 6.45) is 3.49. The number of nitrogens with one attached hydrogen (secondary N) is 1. The molecule has 0 unspecified atom stereocenters. The smallest absolute Gasteiger partial charge is 0.250 e. The van der Waals surface area contributed by atoms with Crippen molar-refractivity contribution in [2.24, 2.45) is 5.10 Å². The van der Waals surface area contributed by atoms with Crippen molar-refractivity contribution in [2.75, 3.05) is 5.75 Å². The van der Waals surface area contributed by atoms with Crippen LogP contribution in [0.25, 0.3) is 22.6 Å². The molecule has 0 atom stereocenters. The fourth-order valence-electron chi connectivity index (χ4n) is 3.35. The fourth-order valence-corrected chi connectivity index (χ4v) is 4.03. The Morgan fingerprint density at radius 2 is 1.57 bits per heavy atom. The number of benzene rings is 3. The van der Waals surface area contributed by atoms with Crippen LogP contribution in [0.2, 0.25) is 0 Å². The summed E-state index contributed by atoms with van der Waals surface area (Å²) in [5.74, 6) is -0.162. The van der Waals surface area contributed by atoms with Crippen molar-refractivity contribution in [3.63, 3.8) is 0 Å². The first-order valence-electron chi connectivity index (χ1n) is 10.8. The highest BCUT2D eigenvalue weighted by molar-refractivity contribution is 7.99. The molecule has 0 fully saturated rings. The summed E-state index contributed by atoms with van der Waals surface area (Å²) in [6.45, 7) is 0. The number of rotatable bonds is 8. The third-order valence-corrected chi connectivity index (χ3v) is 5.90. The highest BCUT2D eigenvalue weighted by atomic mass is 32.2. The number of carbonyl (C=O) groups is 1. The summed E-state index contributed by atoms with van der Waals surface area (Å²) < 4.78 is 3.39. The zero-order valence-electron chi connectivity index (χ0n) is 18.5. The molecule has 10 heteroatoms. The van der Waals surface area contributed by atoms with Crippen molar-refractivity contribution >= 4 is 23.9 Å². The molecule has 0 aliphatic carbocycles. The molecule has 35 heavy (non-hydrogen) atoms. The Morgan fingerprint density at radius 1 is 0.914 bits per heavy atom. The molecule has 1 amide bonds. The van der Waals surface area contributed by atoms with Crippen LogP contribution in [0.4, 0.5) is 0 Å². The number of hydrogen-bond donors (Lipinski definition) is 1. The summed E-state index contributed by atoms with van der Waals surface area (Å²) in [6, 6.07) is 29.2. The summed E-state index contributed by atoms with van der Waals surface area (Å²) in [4.78, 5) is 12.4. The lowest BCUT2D eigenvalue weighted by Gasteiger charge is -2.03. The van der Waals surface area contributed by atoms with Gasteiger partial charge in [0.2, 0.25) is 5.16 Å². The number of para-hydroxylation sites is 2. The number of hydrazone groups is 1. The first-order valence-corrected chi connectivity index (χ1v) is 11.8. The van der Waals surface area contributed by atoms with Crippen molar-refractivity contribution in [3.05, 3.63) is 103 Å².